The van der Waals surface area contributed by atoms with Gasteiger partial charge in [0.2, 0.25) is 0 Å². The summed E-state index contributed by atoms with van der Waals surface area (Å²) in [5.74, 6) is 1.00. The highest BCUT2D eigenvalue weighted by atomic mass is 16.5. The number of benzene rings is 2. The van der Waals surface area contributed by atoms with E-state index in [0.717, 1.165) is 5.56 Å². The Hall–Kier alpha value is -3.52. The number of nitrogens with zero attached hydrogens (tertiary/aromatic N) is 2. The average Bonchev–Trinajstić information content (AvgIpc) is 2.98. The van der Waals surface area contributed by atoms with Gasteiger partial charge in [-0.3, -0.25) is 9.36 Å². The van der Waals surface area contributed by atoms with Crippen molar-refractivity contribution in [2.75, 3.05) is 7.11 Å². The van der Waals surface area contributed by atoms with E-state index in [-0.39, 0.29) is 5.78 Å². The molecule has 1 aromatic heterocycles. The molecule has 0 aliphatic rings. The van der Waals surface area contributed by atoms with Crippen molar-refractivity contribution in [1.29, 1.82) is 5.26 Å². The van der Waals surface area contributed by atoms with Gasteiger partial charge in [0.05, 0.1) is 12.8 Å². The summed E-state index contributed by atoms with van der Waals surface area (Å²) in [6.45, 7) is 3.61. The summed E-state index contributed by atoms with van der Waals surface area (Å²) in [6.07, 6.45) is 0. The van der Waals surface area contributed by atoms with E-state index in [1.807, 2.05) is 42.5 Å². The van der Waals surface area contributed by atoms with Crippen LogP contribution in [0.4, 0.5) is 0 Å². The molecule has 0 bridgehead atoms. The molecule has 0 atom stereocenters. The molecular weight excluding hydrogens is 340 g/mol. The maximum Gasteiger partial charge on any atom is 0.176 e. The fraction of sp³-hybridized carbons (Fsp3) is 0.182. The molecule has 0 unspecified atom stereocenters. The number of ketones is 1. The van der Waals surface area contributed by atoms with Crippen LogP contribution in [0.2, 0.25) is 0 Å². The molecule has 0 amide bonds. The Morgan fingerprint density at radius 1 is 1.11 bits per heavy atom. The Morgan fingerprint density at radius 3 is 2.33 bits per heavy atom. The highest BCUT2D eigenvalue weighted by Crippen LogP contribution is 2.34. The lowest BCUT2D eigenvalue weighted by atomic mass is 10.2. The van der Waals surface area contributed by atoms with Crippen molar-refractivity contribution in [3.8, 4) is 23.3 Å². The van der Waals surface area contributed by atoms with E-state index in [1.165, 1.54) is 6.92 Å². The standard InChI is InChI=1S/C22H20N2O3/c1-15-21(16(2)25)24(18-9-11-19(26-3)12-10-18)20(13-23)22(15)27-14-17-7-5-4-6-8-17/h4-12H,14H2,1-3H3. The first kappa shape index (κ1) is 18.3. The van der Waals surface area contributed by atoms with E-state index < -0.39 is 0 Å². The van der Waals surface area contributed by atoms with Gasteiger partial charge < -0.3 is 9.47 Å². The lowest BCUT2D eigenvalue weighted by Gasteiger charge is -2.10. The SMILES string of the molecule is COc1ccc(-n2c(C#N)c(OCc3ccccc3)c(C)c2C(C)=O)cc1. The van der Waals surface area contributed by atoms with Crippen LogP contribution in [0.25, 0.3) is 5.69 Å². The first-order chi connectivity index (χ1) is 13.1. The first-order valence-electron chi connectivity index (χ1n) is 8.54. The van der Waals surface area contributed by atoms with Gasteiger partial charge in [-0.1, -0.05) is 30.3 Å². The number of Topliss-reactive ketones (excluding diaryl/α,β-unsaturated/α-hetero) is 1. The number of ether oxygens (including phenoxy) is 2. The summed E-state index contributed by atoms with van der Waals surface area (Å²) in [4.78, 5) is 12.3. The molecule has 2 aromatic carbocycles. The van der Waals surface area contributed by atoms with Crippen molar-refractivity contribution in [3.63, 3.8) is 0 Å². The molecule has 3 aromatic rings. The average molecular weight is 360 g/mol. The minimum absolute atomic E-state index is 0.130. The van der Waals surface area contributed by atoms with Crippen molar-refractivity contribution in [1.82, 2.24) is 4.57 Å². The number of carbonyl (C=O) groups is 1. The maximum absolute atomic E-state index is 12.3. The van der Waals surface area contributed by atoms with Crippen LogP contribution in [0.5, 0.6) is 11.5 Å². The van der Waals surface area contributed by atoms with Crippen LogP contribution in [-0.2, 0) is 6.61 Å². The molecule has 5 heteroatoms. The highest BCUT2D eigenvalue weighted by Gasteiger charge is 2.25. The van der Waals surface area contributed by atoms with Crippen molar-refractivity contribution in [3.05, 3.63) is 77.1 Å². The third-order valence-corrected chi connectivity index (χ3v) is 4.35. The third kappa shape index (κ3) is 3.56. The monoisotopic (exact) mass is 360 g/mol. The molecule has 1 heterocycles. The maximum atomic E-state index is 12.3. The van der Waals surface area contributed by atoms with Gasteiger partial charge in [-0.25, -0.2) is 0 Å². The van der Waals surface area contributed by atoms with Crippen molar-refractivity contribution >= 4 is 5.78 Å². The van der Waals surface area contributed by atoms with Gasteiger partial charge >= 0.3 is 0 Å². The van der Waals surface area contributed by atoms with Gasteiger partial charge in [0, 0.05) is 18.2 Å². The Bertz CT molecular complexity index is 997. The van der Waals surface area contributed by atoms with Crippen molar-refractivity contribution < 1.29 is 14.3 Å². The minimum atomic E-state index is -0.130. The van der Waals surface area contributed by atoms with Crippen LogP contribution >= 0.6 is 0 Å². The van der Waals surface area contributed by atoms with Crippen LogP contribution in [0.3, 0.4) is 0 Å². The van der Waals surface area contributed by atoms with E-state index in [9.17, 15) is 10.1 Å². The van der Waals surface area contributed by atoms with E-state index in [0.29, 0.717) is 40.7 Å². The molecule has 0 aliphatic carbocycles. The second-order valence-corrected chi connectivity index (χ2v) is 6.13. The van der Waals surface area contributed by atoms with Crippen molar-refractivity contribution in [2.24, 2.45) is 0 Å². The fourth-order valence-electron chi connectivity index (χ4n) is 3.08. The number of nitriles is 1. The summed E-state index contributed by atoms with van der Waals surface area (Å²) >= 11 is 0. The molecule has 0 saturated heterocycles. The van der Waals surface area contributed by atoms with Crippen LogP contribution in [-0.4, -0.2) is 17.5 Å². The molecule has 0 aliphatic heterocycles. The van der Waals surface area contributed by atoms with Crippen molar-refractivity contribution in [2.45, 2.75) is 20.5 Å². The Labute approximate surface area is 158 Å². The van der Waals surface area contributed by atoms with Crippen LogP contribution in [0.15, 0.2) is 54.6 Å². The summed E-state index contributed by atoms with van der Waals surface area (Å²) < 4.78 is 12.8. The lowest BCUT2D eigenvalue weighted by molar-refractivity contribution is 0.101. The van der Waals surface area contributed by atoms with Gasteiger partial charge in [-0.15, -0.1) is 0 Å². The number of aromatic nitrogens is 1. The molecule has 0 spiro atoms. The molecule has 136 valence electrons. The number of hydrogen-bond acceptors (Lipinski definition) is 4. The van der Waals surface area contributed by atoms with Crippen LogP contribution in [0.1, 0.15) is 34.2 Å². The summed E-state index contributed by atoms with van der Waals surface area (Å²) in [6, 6.07) is 19.1. The second kappa shape index (κ2) is 7.79. The molecule has 0 N–H and O–H groups in total. The lowest BCUT2D eigenvalue weighted by Crippen LogP contribution is -2.07. The van der Waals surface area contributed by atoms with Gasteiger partial charge in [0.15, 0.2) is 17.2 Å². The van der Waals surface area contributed by atoms with Gasteiger partial charge in [0.25, 0.3) is 0 Å². The van der Waals surface area contributed by atoms with Gasteiger partial charge in [-0.05, 0) is 36.8 Å². The molecule has 0 fully saturated rings. The number of methoxy groups -OCH3 is 1. The van der Waals surface area contributed by atoms with Gasteiger partial charge in [-0.2, -0.15) is 5.26 Å². The molecule has 0 radical (unpaired) electrons. The quantitative estimate of drug-likeness (QED) is 0.609. The highest BCUT2D eigenvalue weighted by molar-refractivity contribution is 5.96. The molecule has 5 nitrogen and oxygen atoms in total. The predicted octanol–water partition coefficient (Wildman–Crippen LogP) is 4.45. The van der Waals surface area contributed by atoms with Gasteiger partial charge in [0.1, 0.15) is 18.4 Å². The predicted molar refractivity (Wildman–Crippen MR) is 103 cm³/mol. The van der Waals surface area contributed by atoms with E-state index in [4.69, 9.17) is 9.47 Å². The van der Waals surface area contributed by atoms with Crippen LogP contribution in [0, 0.1) is 18.3 Å². The van der Waals surface area contributed by atoms with E-state index in [1.54, 1.807) is 30.7 Å². The summed E-state index contributed by atoms with van der Waals surface area (Å²) in [7, 11) is 1.59. The Balaban J connectivity index is 2.09. The number of rotatable bonds is 6. The Morgan fingerprint density at radius 2 is 1.78 bits per heavy atom. The normalized spacial score (nSPS) is 10.3. The molecule has 0 saturated carbocycles. The topological polar surface area (TPSA) is 64.2 Å². The zero-order valence-electron chi connectivity index (χ0n) is 15.5. The minimum Gasteiger partial charge on any atom is -0.497 e. The summed E-state index contributed by atoms with van der Waals surface area (Å²) in [5.41, 5.74) is 3.10. The van der Waals surface area contributed by atoms with E-state index >= 15 is 0 Å². The smallest absolute Gasteiger partial charge is 0.176 e. The van der Waals surface area contributed by atoms with Crippen LogP contribution < -0.4 is 9.47 Å². The zero-order chi connectivity index (χ0) is 19.4. The zero-order valence-corrected chi connectivity index (χ0v) is 15.5. The number of carbonyl (C=O) groups excluding carboxylic acids is 1. The largest absolute Gasteiger partial charge is 0.497 e. The summed E-state index contributed by atoms with van der Waals surface area (Å²) in [5, 5.41) is 9.79. The fourth-order valence-corrected chi connectivity index (χ4v) is 3.08. The number of hydrogen-bond donors (Lipinski definition) is 0. The second-order valence-electron chi connectivity index (χ2n) is 6.13. The third-order valence-electron chi connectivity index (χ3n) is 4.35. The molecule has 3 rings (SSSR count). The molecule has 27 heavy (non-hydrogen) atoms. The first-order valence-corrected chi connectivity index (χ1v) is 8.54. The Kier molecular flexibility index (Phi) is 5.28. The van der Waals surface area contributed by atoms with E-state index in [2.05, 4.69) is 6.07 Å². The molecular formula is C22H20N2O3.